The first kappa shape index (κ1) is 15.2. The molecule has 1 N–H and O–H groups in total. The van der Waals surface area contributed by atoms with Crippen molar-refractivity contribution in [3.8, 4) is 0 Å². The zero-order valence-corrected chi connectivity index (χ0v) is 12.5. The summed E-state index contributed by atoms with van der Waals surface area (Å²) in [5.74, 6) is 0.321. The van der Waals surface area contributed by atoms with Gasteiger partial charge in [0.05, 0.1) is 17.3 Å². The largest absolute Gasteiger partial charge is 0.393 e. The van der Waals surface area contributed by atoms with Crippen LogP contribution >= 0.6 is 0 Å². The Labute approximate surface area is 116 Å². The number of aliphatic hydroxyl groups is 1. The number of rotatable bonds is 4. The normalized spacial score (nSPS) is 29.4. The Balaban J connectivity index is 1.93. The predicted octanol–water partition coefficient (Wildman–Crippen LogP) is 2.14. The quantitative estimate of drug-likeness (QED) is 0.852. The molecule has 2 aliphatic heterocycles. The van der Waals surface area contributed by atoms with Crippen LogP contribution in [0.4, 0.5) is 0 Å². The van der Waals surface area contributed by atoms with Crippen molar-refractivity contribution in [1.29, 1.82) is 0 Å². The Morgan fingerprint density at radius 2 is 2.00 bits per heavy atom. The summed E-state index contributed by atoms with van der Waals surface area (Å²) >= 11 is 0. The van der Waals surface area contributed by atoms with E-state index in [1.165, 1.54) is 0 Å². The second kappa shape index (κ2) is 6.08. The Morgan fingerprint density at radius 1 is 1.32 bits per heavy atom. The minimum Gasteiger partial charge on any atom is -0.393 e. The number of ether oxygens (including phenoxy) is 3. The van der Waals surface area contributed by atoms with Crippen LogP contribution < -0.4 is 0 Å². The van der Waals surface area contributed by atoms with Crippen LogP contribution in [-0.4, -0.2) is 49.3 Å². The number of hydrogen-bond donors (Lipinski definition) is 1. The van der Waals surface area contributed by atoms with Crippen molar-refractivity contribution in [2.45, 2.75) is 63.3 Å². The highest BCUT2D eigenvalue weighted by Crippen LogP contribution is 2.39. The molecule has 0 amide bonds. The number of methoxy groups -OCH3 is 1. The van der Waals surface area contributed by atoms with Crippen LogP contribution in [-0.2, 0) is 14.2 Å². The van der Waals surface area contributed by atoms with E-state index in [0.717, 1.165) is 45.5 Å². The smallest absolute Gasteiger partial charge is 0.0730 e. The molecule has 2 unspecified atom stereocenters. The van der Waals surface area contributed by atoms with Crippen molar-refractivity contribution in [1.82, 2.24) is 0 Å². The van der Waals surface area contributed by atoms with E-state index in [0.29, 0.717) is 12.3 Å². The van der Waals surface area contributed by atoms with Crippen LogP contribution in [0.25, 0.3) is 0 Å². The third-order valence-corrected chi connectivity index (χ3v) is 4.73. The molecule has 4 heteroatoms. The highest BCUT2D eigenvalue weighted by molar-refractivity contribution is 4.92. The molecule has 0 aromatic heterocycles. The molecule has 0 saturated carbocycles. The van der Waals surface area contributed by atoms with Crippen molar-refractivity contribution < 1.29 is 19.3 Å². The molecule has 1 spiro atoms. The summed E-state index contributed by atoms with van der Waals surface area (Å²) in [5, 5.41) is 10.5. The summed E-state index contributed by atoms with van der Waals surface area (Å²) in [6.07, 6.45) is 4.20. The molecule has 0 bridgehead atoms. The van der Waals surface area contributed by atoms with Gasteiger partial charge in [0.25, 0.3) is 0 Å². The van der Waals surface area contributed by atoms with E-state index in [-0.39, 0.29) is 17.3 Å². The number of aliphatic hydroxyl groups excluding tert-OH is 1. The molecule has 0 radical (unpaired) electrons. The van der Waals surface area contributed by atoms with Crippen LogP contribution in [0.3, 0.4) is 0 Å². The molecular formula is C15H28O4. The lowest BCUT2D eigenvalue weighted by atomic mass is 9.77. The first-order valence-electron chi connectivity index (χ1n) is 7.41. The van der Waals surface area contributed by atoms with Gasteiger partial charge in [-0.3, -0.25) is 0 Å². The van der Waals surface area contributed by atoms with E-state index in [1.807, 2.05) is 13.8 Å². The van der Waals surface area contributed by atoms with Crippen LogP contribution in [0.15, 0.2) is 0 Å². The molecule has 2 heterocycles. The second-order valence-electron chi connectivity index (χ2n) is 6.63. The fourth-order valence-electron chi connectivity index (χ4n) is 3.24. The van der Waals surface area contributed by atoms with Gasteiger partial charge in [-0.05, 0) is 45.4 Å². The maximum Gasteiger partial charge on any atom is 0.0730 e. The van der Waals surface area contributed by atoms with Gasteiger partial charge in [0.2, 0.25) is 0 Å². The van der Waals surface area contributed by atoms with Crippen molar-refractivity contribution in [3.63, 3.8) is 0 Å². The zero-order chi connectivity index (χ0) is 13.9. The minimum atomic E-state index is -0.307. The average molecular weight is 272 g/mol. The molecule has 0 aromatic carbocycles. The van der Waals surface area contributed by atoms with E-state index in [4.69, 9.17) is 14.2 Å². The maximum absolute atomic E-state index is 10.5. The van der Waals surface area contributed by atoms with Gasteiger partial charge in [-0.2, -0.15) is 0 Å². The van der Waals surface area contributed by atoms with Gasteiger partial charge in [0.1, 0.15) is 0 Å². The van der Waals surface area contributed by atoms with Gasteiger partial charge in [0, 0.05) is 33.4 Å². The van der Waals surface area contributed by atoms with Crippen LogP contribution in [0.2, 0.25) is 0 Å². The van der Waals surface area contributed by atoms with Crippen LogP contribution in [0, 0.1) is 5.92 Å². The summed E-state index contributed by atoms with van der Waals surface area (Å²) in [5.41, 5.74) is -0.306. The minimum absolute atomic E-state index is 0.0423. The SMILES string of the molecule is COC(C)(C)CC(O)C1CCOC2(CCOCC2)C1. The summed E-state index contributed by atoms with van der Waals surface area (Å²) in [7, 11) is 1.71. The molecule has 2 atom stereocenters. The third kappa shape index (κ3) is 3.91. The van der Waals surface area contributed by atoms with Gasteiger partial charge in [0.15, 0.2) is 0 Å². The molecule has 19 heavy (non-hydrogen) atoms. The second-order valence-corrected chi connectivity index (χ2v) is 6.63. The third-order valence-electron chi connectivity index (χ3n) is 4.73. The molecule has 2 fully saturated rings. The summed E-state index contributed by atoms with van der Waals surface area (Å²) in [6, 6.07) is 0. The number of hydrogen-bond acceptors (Lipinski definition) is 4. The van der Waals surface area contributed by atoms with Gasteiger partial charge in [-0.15, -0.1) is 0 Å². The molecule has 2 rings (SSSR count). The summed E-state index contributed by atoms with van der Waals surface area (Å²) in [4.78, 5) is 0. The predicted molar refractivity (Wildman–Crippen MR) is 73.2 cm³/mol. The molecule has 112 valence electrons. The molecular weight excluding hydrogens is 244 g/mol. The topological polar surface area (TPSA) is 47.9 Å². The van der Waals surface area contributed by atoms with Crippen molar-refractivity contribution in [3.05, 3.63) is 0 Å². The Bertz CT molecular complexity index is 278. The first-order valence-corrected chi connectivity index (χ1v) is 7.41. The molecule has 0 aliphatic carbocycles. The van der Waals surface area contributed by atoms with Gasteiger partial charge < -0.3 is 19.3 Å². The maximum atomic E-state index is 10.5. The summed E-state index contributed by atoms with van der Waals surface area (Å²) < 4.78 is 16.9. The van der Waals surface area contributed by atoms with Crippen molar-refractivity contribution in [2.75, 3.05) is 26.9 Å². The molecule has 2 aliphatic rings. The standard InChI is InChI=1S/C15H28O4/c1-14(2,17-3)11-13(16)12-4-7-19-15(10-12)5-8-18-9-6-15/h12-13,16H,4-11H2,1-3H3. The van der Waals surface area contributed by atoms with Gasteiger partial charge in [-0.25, -0.2) is 0 Å². The average Bonchev–Trinajstić information content (AvgIpc) is 2.39. The first-order chi connectivity index (χ1) is 8.96. The molecule has 0 aromatic rings. The monoisotopic (exact) mass is 272 g/mol. The van der Waals surface area contributed by atoms with Gasteiger partial charge >= 0.3 is 0 Å². The lowest BCUT2D eigenvalue weighted by Crippen LogP contribution is -2.47. The van der Waals surface area contributed by atoms with Gasteiger partial charge in [-0.1, -0.05) is 0 Å². The summed E-state index contributed by atoms with van der Waals surface area (Å²) in [6.45, 7) is 6.38. The zero-order valence-electron chi connectivity index (χ0n) is 12.5. The van der Waals surface area contributed by atoms with E-state index >= 15 is 0 Å². The van der Waals surface area contributed by atoms with Crippen LogP contribution in [0.1, 0.15) is 46.0 Å². The van der Waals surface area contributed by atoms with E-state index in [1.54, 1.807) is 7.11 Å². The van der Waals surface area contributed by atoms with E-state index < -0.39 is 0 Å². The lowest BCUT2D eigenvalue weighted by molar-refractivity contribution is -0.162. The highest BCUT2D eigenvalue weighted by atomic mass is 16.5. The fraction of sp³-hybridized carbons (Fsp3) is 1.00. The van der Waals surface area contributed by atoms with Crippen molar-refractivity contribution >= 4 is 0 Å². The molecule has 4 nitrogen and oxygen atoms in total. The van der Waals surface area contributed by atoms with Crippen LogP contribution in [0.5, 0.6) is 0 Å². The fourth-order valence-corrected chi connectivity index (χ4v) is 3.24. The van der Waals surface area contributed by atoms with Crippen molar-refractivity contribution in [2.24, 2.45) is 5.92 Å². The lowest BCUT2D eigenvalue weighted by Gasteiger charge is -2.45. The highest BCUT2D eigenvalue weighted by Gasteiger charge is 2.41. The Kier molecular flexibility index (Phi) is 4.88. The van der Waals surface area contributed by atoms with E-state index in [9.17, 15) is 5.11 Å². The Hall–Kier alpha value is -0.160. The van der Waals surface area contributed by atoms with E-state index in [2.05, 4.69) is 0 Å². The Morgan fingerprint density at radius 3 is 2.63 bits per heavy atom. The molecule has 2 saturated heterocycles.